The van der Waals surface area contributed by atoms with Crippen LogP contribution in [0.4, 0.5) is 0 Å². The molecule has 1 aliphatic carbocycles. The Morgan fingerprint density at radius 1 is 1.17 bits per heavy atom. The van der Waals surface area contributed by atoms with Crippen LogP contribution in [0, 0.1) is 0 Å². The van der Waals surface area contributed by atoms with E-state index in [-0.39, 0.29) is 5.41 Å². The Hall–Kier alpha value is -1.64. The third kappa shape index (κ3) is 2.05. The van der Waals surface area contributed by atoms with E-state index >= 15 is 0 Å². The van der Waals surface area contributed by atoms with E-state index in [4.69, 9.17) is 0 Å². The second-order valence-electron chi connectivity index (χ2n) is 6.11. The second-order valence-corrected chi connectivity index (χ2v) is 6.11. The third-order valence-electron chi connectivity index (χ3n) is 3.44. The average Bonchev–Trinajstić information content (AvgIpc) is 3.06. The maximum atomic E-state index is 4.65. The number of H-pyrrole nitrogens is 1. The summed E-state index contributed by atoms with van der Waals surface area (Å²) in [4.78, 5) is 4.65. The summed E-state index contributed by atoms with van der Waals surface area (Å²) in [5, 5.41) is 7.47. The predicted molar refractivity (Wildman–Crippen MR) is 72.5 cm³/mol. The summed E-state index contributed by atoms with van der Waals surface area (Å²) in [6, 6.07) is 8.42. The molecule has 0 saturated heterocycles. The van der Waals surface area contributed by atoms with Crippen LogP contribution in [0.5, 0.6) is 0 Å². The van der Waals surface area contributed by atoms with Crippen molar-refractivity contribution in [3.63, 3.8) is 0 Å². The van der Waals surface area contributed by atoms with Crippen molar-refractivity contribution >= 4 is 0 Å². The molecule has 3 nitrogen and oxygen atoms in total. The number of nitrogens with zero attached hydrogens (tertiary/aromatic N) is 2. The van der Waals surface area contributed by atoms with E-state index in [1.165, 1.54) is 18.4 Å². The van der Waals surface area contributed by atoms with Crippen LogP contribution in [0.15, 0.2) is 24.3 Å². The van der Waals surface area contributed by atoms with Gasteiger partial charge >= 0.3 is 0 Å². The highest BCUT2D eigenvalue weighted by atomic mass is 15.2. The number of rotatable bonds is 2. The molecule has 1 heterocycles. The Morgan fingerprint density at radius 3 is 2.56 bits per heavy atom. The van der Waals surface area contributed by atoms with Gasteiger partial charge < -0.3 is 0 Å². The van der Waals surface area contributed by atoms with E-state index in [1.807, 2.05) is 0 Å². The lowest BCUT2D eigenvalue weighted by atomic mass is 9.83. The van der Waals surface area contributed by atoms with Crippen molar-refractivity contribution in [3.05, 3.63) is 35.7 Å². The fraction of sp³-hybridized carbons (Fsp3) is 0.467. The zero-order valence-electron chi connectivity index (χ0n) is 11.2. The maximum absolute atomic E-state index is 4.65. The largest absolute Gasteiger partial charge is 0.262 e. The molecule has 94 valence electrons. The highest BCUT2D eigenvalue weighted by Crippen LogP contribution is 2.39. The van der Waals surface area contributed by atoms with Gasteiger partial charge in [-0.25, -0.2) is 4.98 Å². The van der Waals surface area contributed by atoms with Gasteiger partial charge in [0.2, 0.25) is 0 Å². The molecule has 0 amide bonds. The molecule has 1 aromatic carbocycles. The molecule has 0 unspecified atom stereocenters. The summed E-state index contributed by atoms with van der Waals surface area (Å²) in [6.45, 7) is 6.67. The first-order valence-electron chi connectivity index (χ1n) is 6.58. The molecule has 0 atom stereocenters. The fourth-order valence-corrected chi connectivity index (χ4v) is 2.27. The van der Waals surface area contributed by atoms with E-state index in [9.17, 15) is 0 Å². The molecule has 1 aliphatic rings. The maximum Gasteiger partial charge on any atom is 0.181 e. The van der Waals surface area contributed by atoms with E-state index in [1.54, 1.807) is 0 Å². The van der Waals surface area contributed by atoms with Gasteiger partial charge in [-0.05, 0) is 23.8 Å². The lowest BCUT2D eigenvalue weighted by Crippen LogP contribution is -2.12. The van der Waals surface area contributed by atoms with Crippen LogP contribution < -0.4 is 0 Å². The second kappa shape index (κ2) is 3.94. The zero-order valence-corrected chi connectivity index (χ0v) is 11.2. The molecule has 18 heavy (non-hydrogen) atoms. The summed E-state index contributed by atoms with van der Waals surface area (Å²) in [6.07, 6.45) is 2.49. The first-order valence-corrected chi connectivity index (χ1v) is 6.58. The van der Waals surface area contributed by atoms with Gasteiger partial charge in [0, 0.05) is 11.5 Å². The van der Waals surface area contributed by atoms with Crippen molar-refractivity contribution in [1.82, 2.24) is 15.2 Å². The average molecular weight is 241 g/mol. The fourth-order valence-electron chi connectivity index (χ4n) is 2.27. The number of aromatic amines is 1. The molecule has 0 bridgehead atoms. The molecule has 0 spiro atoms. The number of aromatic nitrogens is 3. The van der Waals surface area contributed by atoms with Crippen molar-refractivity contribution in [2.45, 2.75) is 44.9 Å². The molecule has 2 aromatic rings. The zero-order chi connectivity index (χ0) is 12.8. The molecular formula is C15H19N3. The first-order chi connectivity index (χ1) is 8.55. The van der Waals surface area contributed by atoms with Gasteiger partial charge in [-0.15, -0.1) is 0 Å². The van der Waals surface area contributed by atoms with E-state index in [0.29, 0.717) is 5.92 Å². The lowest BCUT2D eigenvalue weighted by Gasteiger charge is -2.21. The third-order valence-corrected chi connectivity index (χ3v) is 3.44. The minimum absolute atomic E-state index is 0.108. The van der Waals surface area contributed by atoms with Crippen molar-refractivity contribution in [2.24, 2.45) is 0 Å². The first kappa shape index (κ1) is 11.5. The molecular weight excluding hydrogens is 222 g/mol. The van der Waals surface area contributed by atoms with Crippen molar-refractivity contribution in [2.75, 3.05) is 0 Å². The van der Waals surface area contributed by atoms with E-state index in [0.717, 1.165) is 17.2 Å². The topological polar surface area (TPSA) is 41.6 Å². The van der Waals surface area contributed by atoms with Gasteiger partial charge in [0.05, 0.1) is 0 Å². The number of hydrogen-bond donors (Lipinski definition) is 1. The van der Waals surface area contributed by atoms with E-state index < -0.39 is 0 Å². The smallest absolute Gasteiger partial charge is 0.181 e. The van der Waals surface area contributed by atoms with Gasteiger partial charge in [0.1, 0.15) is 5.82 Å². The highest BCUT2D eigenvalue weighted by molar-refractivity contribution is 5.61. The number of benzene rings is 1. The van der Waals surface area contributed by atoms with Crippen LogP contribution in [0.1, 0.15) is 50.9 Å². The minimum Gasteiger partial charge on any atom is -0.262 e. The molecule has 0 aliphatic heterocycles. The lowest BCUT2D eigenvalue weighted by molar-refractivity contribution is 0.591. The Bertz CT molecular complexity index is 559. The normalized spacial score (nSPS) is 15.9. The summed E-state index contributed by atoms with van der Waals surface area (Å²) in [7, 11) is 0. The summed E-state index contributed by atoms with van der Waals surface area (Å²) >= 11 is 0. The monoisotopic (exact) mass is 241 g/mol. The van der Waals surface area contributed by atoms with E-state index in [2.05, 4.69) is 60.2 Å². The summed E-state index contributed by atoms with van der Waals surface area (Å²) in [5.41, 5.74) is 2.55. The molecule has 1 aromatic heterocycles. The Morgan fingerprint density at radius 2 is 1.89 bits per heavy atom. The minimum atomic E-state index is 0.108. The predicted octanol–water partition coefficient (Wildman–Crippen LogP) is 3.65. The van der Waals surface area contributed by atoms with Crippen LogP contribution in [0.2, 0.25) is 0 Å². The molecule has 3 rings (SSSR count). The van der Waals surface area contributed by atoms with Crippen LogP contribution >= 0.6 is 0 Å². The summed E-state index contributed by atoms with van der Waals surface area (Å²) < 4.78 is 0. The van der Waals surface area contributed by atoms with Crippen LogP contribution in [0.3, 0.4) is 0 Å². The van der Waals surface area contributed by atoms with Gasteiger partial charge in [0.25, 0.3) is 0 Å². The molecule has 0 radical (unpaired) electrons. The quantitative estimate of drug-likeness (QED) is 0.872. The Labute approximate surface area is 108 Å². The SMILES string of the molecule is CC(C)(C)c1ccccc1-c1n[nH]c(C2CC2)n1. The standard InChI is InChI=1S/C15H19N3/c1-15(2,3)12-7-5-4-6-11(12)14-16-13(17-18-14)10-8-9-10/h4-7,10H,8-9H2,1-3H3,(H,16,17,18). The van der Waals surface area contributed by atoms with Crippen LogP contribution in [0.25, 0.3) is 11.4 Å². The number of nitrogens with one attached hydrogen (secondary N) is 1. The molecule has 1 N–H and O–H groups in total. The molecule has 3 heteroatoms. The van der Waals surface area contributed by atoms with Crippen LogP contribution in [-0.4, -0.2) is 15.2 Å². The highest BCUT2D eigenvalue weighted by Gasteiger charge is 2.28. The van der Waals surface area contributed by atoms with Gasteiger partial charge in [-0.3, -0.25) is 5.10 Å². The number of hydrogen-bond acceptors (Lipinski definition) is 2. The molecule has 1 saturated carbocycles. The molecule has 1 fully saturated rings. The summed E-state index contributed by atoms with van der Waals surface area (Å²) in [5.74, 6) is 2.50. The van der Waals surface area contributed by atoms with Gasteiger partial charge in [-0.2, -0.15) is 5.10 Å². The van der Waals surface area contributed by atoms with Crippen molar-refractivity contribution < 1.29 is 0 Å². The van der Waals surface area contributed by atoms with Gasteiger partial charge in [0.15, 0.2) is 5.82 Å². The van der Waals surface area contributed by atoms with Crippen molar-refractivity contribution in [3.8, 4) is 11.4 Å². The van der Waals surface area contributed by atoms with Crippen LogP contribution in [-0.2, 0) is 5.41 Å². The van der Waals surface area contributed by atoms with Gasteiger partial charge in [-0.1, -0.05) is 45.0 Å². The van der Waals surface area contributed by atoms with Crippen molar-refractivity contribution in [1.29, 1.82) is 0 Å². The Kier molecular flexibility index (Phi) is 2.51. The Balaban J connectivity index is 2.04.